The fourth-order valence-corrected chi connectivity index (χ4v) is 12.6. The minimum Gasteiger partial charge on any atom is -0.310 e. The number of para-hydroxylation sites is 1. The molecule has 14 rings (SSSR count). The molecule has 0 N–H and O–H groups in total. The number of rotatable bonds is 6. The maximum Gasteiger partial charge on any atom is 0.0726 e. The number of nitrogens with zero attached hydrogens (tertiary/aromatic N) is 1. The number of fused-ring (bicyclic) bond motifs is 15. The SMILES string of the molecule is c1ccc(-c2cc3ccccc3c3c2-c2ccc(N(c4ccccc4)c4ccc5c(c4)C4(c6ccccc6-c6ccccc64)c4ccccc4-5)cc2C3(c2ccccc2)c2ccccc2)cc1. The molecule has 312 valence electrons. The van der Waals surface area contributed by atoms with Gasteiger partial charge in [0.2, 0.25) is 0 Å². The van der Waals surface area contributed by atoms with Gasteiger partial charge in [-0.3, -0.25) is 0 Å². The monoisotopic (exact) mass is 849 g/mol. The van der Waals surface area contributed by atoms with E-state index >= 15 is 0 Å². The largest absolute Gasteiger partial charge is 0.310 e. The summed E-state index contributed by atoms with van der Waals surface area (Å²) in [5.74, 6) is 0. The molecule has 0 aliphatic heterocycles. The average Bonchev–Trinajstić information content (AvgIpc) is 4.00. The Morgan fingerprint density at radius 3 is 1.27 bits per heavy atom. The summed E-state index contributed by atoms with van der Waals surface area (Å²) in [5.41, 5.74) is 22.9. The van der Waals surface area contributed by atoms with E-state index in [9.17, 15) is 0 Å². The molecule has 67 heavy (non-hydrogen) atoms. The molecule has 0 amide bonds. The minimum atomic E-state index is -0.642. The van der Waals surface area contributed by atoms with Gasteiger partial charge in [-0.15, -0.1) is 0 Å². The van der Waals surface area contributed by atoms with Crippen molar-refractivity contribution >= 4 is 27.8 Å². The van der Waals surface area contributed by atoms with Crippen LogP contribution in [0.15, 0.2) is 261 Å². The van der Waals surface area contributed by atoms with Crippen LogP contribution in [0.5, 0.6) is 0 Å². The van der Waals surface area contributed by atoms with Crippen molar-refractivity contribution in [3.63, 3.8) is 0 Å². The van der Waals surface area contributed by atoms with E-state index in [1.165, 1.54) is 99.8 Å². The fraction of sp³-hybridized carbons (Fsp3) is 0.0303. The second-order valence-corrected chi connectivity index (χ2v) is 18.3. The van der Waals surface area contributed by atoms with Crippen molar-refractivity contribution in [3.8, 4) is 44.5 Å². The van der Waals surface area contributed by atoms with E-state index in [-0.39, 0.29) is 0 Å². The highest BCUT2D eigenvalue weighted by atomic mass is 15.1. The molecular weight excluding hydrogens is 807 g/mol. The second kappa shape index (κ2) is 14.5. The highest BCUT2D eigenvalue weighted by molar-refractivity contribution is 6.07. The second-order valence-electron chi connectivity index (χ2n) is 18.3. The number of benzene rings is 11. The Labute approximate surface area is 391 Å². The summed E-state index contributed by atoms with van der Waals surface area (Å²) in [6.45, 7) is 0. The first kappa shape index (κ1) is 37.8. The molecule has 0 heterocycles. The molecular formula is C66H43N. The van der Waals surface area contributed by atoms with E-state index in [0.717, 1.165) is 17.1 Å². The summed E-state index contributed by atoms with van der Waals surface area (Å²) in [5, 5.41) is 2.50. The normalized spacial score (nSPS) is 13.9. The maximum absolute atomic E-state index is 2.52. The van der Waals surface area contributed by atoms with Crippen LogP contribution in [-0.4, -0.2) is 0 Å². The molecule has 0 unspecified atom stereocenters. The molecule has 3 aliphatic carbocycles. The summed E-state index contributed by atoms with van der Waals surface area (Å²) in [6, 6.07) is 97.6. The summed E-state index contributed by atoms with van der Waals surface area (Å²) >= 11 is 0. The van der Waals surface area contributed by atoms with Crippen molar-refractivity contribution in [2.45, 2.75) is 10.8 Å². The van der Waals surface area contributed by atoms with Crippen LogP contribution < -0.4 is 4.90 Å². The predicted octanol–water partition coefficient (Wildman–Crippen LogP) is 16.7. The molecule has 0 saturated heterocycles. The van der Waals surface area contributed by atoms with E-state index in [1.54, 1.807) is 0 Å². The third-order valence-corrected chi connectivity index (χ3v) is 15.1. The van der Waals surface area contributed by atoms with Crippen molar-refractivity contribution in [2.24, 2.45) is 0 Å². The Morgan fingerprint density at radius 1 is 0.269 bits per heavy atom. The fourth-order valence-electron chi connectivity index (χ4n) is 12.6. The van der Waals surface area contributed by atoms with Crippen LogP contribution in [0.2, 0.25) is 0 Å². The van der Waals surface area contributed by atoms with Crippen molar-refractivity contribution in [1.29, 1.82) is 0 Å². The molecule has 3 aliphatic rings. The minimum absolute atomic E-state index is 0.457. The van der Waals surface area contributed by atoms with Gasteiger partial charge >= 0.3 is 0 Å². The van der Waals surface area contributed by atoms with Crippen molar-refractivity contribution in [1.82, 2.24) is 0 Å². The van der Waals surface area contributed by atoms with E-state index in [0.29, 0.717) is 0 Å². The van der Waals surface area contributed by atoms with Gasteiger partial charge in [-0.05, 0) is 142 Å². The first-order valence-corrected chi connectivity index (χ1v) is 23.4. The quantitative estimate of drug-likeness (QED) is 0.161. The van der Waals surface area contributed by atoms with Crippen LogP contribution in [0, 0.1) is 0 Å². The topological polar surface area (TPSA) is 3.24 Å². The standard InChI is InChI=1S/C66H43N/c1-5-21-44(22-6-1)57-41-45-23-13-14-30-51(45)64-63(57)56-40-38-50(43-62(56)65(64,46-24-7-2-8-25-46)47-26-9-3-10-27-47)67(48-28-11-4-12-29-48)49-37-39-55-54-33-17-20-36-60(54)66(61(55)42-49)58-34-18-15-31-52(58)53-32-16-19-35-59(53)66/h1-43H. The third kappa shape index (κ3) is 5.14. The van der Waals surface area contributed by atoms with Crippen LogP contribution >= 0.6 is 0 Å². The zero-order valence-corrected chi connectivity index (χ0v) is 36.8. The van der Waals surface area contributed by atoms with Crippen molar-refractivity contribution in [3.05, 3.63) is 305 Å². The molecule has 11 aromatic rings. The van der Waals surface area contributed by atoms with Gasteiger partial charge in [0, 0.05) is 17.1 Å². The number of hydrogen-bond acceptors (Lipinski definition) is 1. The Balaban J connectivity index is 1.07. The lowest BCUT2D eigenvalue weighted by Gasteiger charge is -2.36. The molecule has 0 radical (unpaired) electrons. The Kier molecular flexibility index (Phi) is 8.18. The van der Waals surface area contributed by atoms with E-state index in [4.69, 9.17) is 0 Å². The van der Waals surface area contributed by atoms with Gasteiger partial charge in [-0.1, -0.05) is 218 Å². The van der Waals surface area contributed by atoms with Gasteiger partial charge in [0.1, 0.15) is 0 Å². The van der Waals surface area contributed by atoms with Crippen LogP contribution in [0.4, 0.5) is 17.1 Å². The molecule has 0 fully saturated rings. The summed E-state index contributed by atoms with van der Waals surface area (Å²) < 4.78 is 0. The van der Waals surface area contributed by atoms with Crippen molar-refractivity contribution in [2.75, 3.05) is 4.90 Å². The third-order valence-electron chi connectivity index (χ3n) is 15.1. The molecule has 1 heteroatoms. The molecule has 1 spiro atoms. The lowest BCUT2D eigenvalue weighted by molar-refractivity contribution is 0.775. The van der Waals surface area contributed by atoms with Crippen LogP contribution in [0.25, 0.3) is 55.3 Å². The van der Waals surface area contributed by atoms with Gasteiger partial charge in [-0.2, -0.15) is 0 Å². The molecule has 0 bridgehead atoms. The Morgan fingerprint density at radius 2 is 0.701 bits per heavy atom. The first-order valence-electron chi connectivity index (χ1n) is 23.4. The first-order chi connectivity index (χ1) is 33.3. The van der Waals surface area contributed by atoms with Crippen molar-refractivity contribution < 1.29 is 0 Å². The van der Waals surface area contributed by atoms with Gasteiger partial charge in [0.25, 0.3) is 0 Å². The molecule has 0 saturated carbocycles. The molecule has 0 atom stereocenters. The summed E-state index contributed by atoms with van der Waals surface area (Å²) in [6.07, 6.45) is 0. The molecule has 11 aromatic carbocycles. The smallest absolute Gasteiger partial charge is 0.0726 e. The lowest BCUT2D eigenvalue weighted by Crippen LogP contribution is -2.29. The summed E-state index contributed by atoms with van der Waals surface area (Å²) in [4.78, 5) is 2.49. The van der Waals surface area contributed by atoms with Gasteiger partial charge in [-0.25, -0.2) is 0 Å². The lowest BCUT2D eigenvalue weighted by atomic mass is 9.66. The highest BCUT2D eigenvalue weighted by Gasteiger charge is 2.52. The van der Waals surface area contributed by atoms with Gasteiger partial charge in [0.15, 0.2) is 0 Å². The number of hydrogen-bond donors (Lipinski definition) is 0. The summed E-state index contributed by atoms with van der Waals surface area (Å²) in [7, 11) is 0. The molecule has 0 aromatic heterocycles. The average molecular weight is 850 g/mol. The number of anilines is 3. The van der Waals surface area contributed by atoms with E-state index in [2.05, 4.69) is 266 Å². The zero-order valence-electron chi connectivity index (χ0n) is 36.8. The van der Waals surface area contributed by atoms with Crippen LogP contribution in [0.3, 0.4) is 0 Å². The maximum atomic E-state index is 2.52. The Bertz CT molecular complexity index is 3640. The van der Waals surface area contributed by atoms with Gasteiger partial charge < -0.3 is 4.90 Å². The van der Waals surface area contributed by atoms with E-state index < -0.39 is 10.8 Å². The van der Waals surface area contributed by atoms with Gasteiger partial charge in [0.05, 0.1) is 10.8 Å². The van der Waals surface area contributed by atoms with Crippen LogP contribution in [-0.2, 0) is 10.8 Å². The molecule has 1 nitrogen and oxygen atoms in total. The van der Waals surface area contributed by atoms with Crippen LogP contribution in [0.1, 0.15) is 44.5 Å². The highest BCUT2D eigenvalue weighted by Crippen LogP contribution is 2.64. The Hall–Kier alpha value is -8.52. The predicted molar refractivity (Wildman–Crippen MR) is 278 cm³/mol. The zero-order chi connectivity index (χ0) is 44.1. The van der Waals surface area contributed by atoms with E-state index in [1.807, 2.05) is 0 Å².